The molecule has 0 spiro atoms. The highest BCUT2D eigenvalue weighted by Crippen LogP contribution is 2.30. The van der Waals surface area contributed by atoms with E-state index in [4.69, 9.17) is 10.6 Å². The number of aromatic nitrogens is 1. The Morgan fingerprint density at radius 2 is 2.08 bits per heavy atom. The van der Waals surface area contributed by atoms with Crippen LogP contribution in [-0.4, -0.2) is 24.1 Å². The molecule has 5 heteroatoms. The summed E-state index contributed by atoms with van der Waals surface area (Å²) in [7, 11) is 0. The Labute approximate surface area is 152 Å². The highest BCUT2D eigenvalue weighted by Gasteiger charge is 2.27. The summed E-state index contributed by atoms with van der Waals surface area (Å²) in [5, 5.41) is 3.48. The number of hydrogen-bond acceptors (Lipinski definition) is 4. The first-order valence-electron chi connectivity index (χ1n) is 8.75. The van der Waals surface area contributed by atoms with Gasteiger partial charge in [-0.2, -0.15) is 0 Å². The number of fused-ring (bicyclic) bond motifs is 1. The Kier molecular flexibility index (Phi) is 4.41. The maximum Gasteiger partial charge on any atom is 0.246 e. The number of aryl methyl sites for hydroxylation is 1. The minimum atomic E-state index is -0.156. The fourth-order valence-corrected chi connectivity index (χ4v) is 3.38. The number of benzene rings is 2. The van der Waals surface area contributed by atoms with Gasteiger partial charge in [0.1, 0.15) is 0 Å². The highest BCUT2D eigenvalue weighted by molar-refractivity contribution is 5.95. The second-order valence-electron chi connectivity index (χ2n) is 6.71. The van der Waals surface area contributed by atoms with Gasteiger partial charge in [-0.3, -0.25) is 9.78 Å². The summed E-state index contributed by atoms with van der Waals surface area (Å²) in [6.07, 6.45) is 4.37. The van der Waals surface area contributed by atoms with E-state index in [-0.39, 0.29) is 11.8 Å². The van der Waals surface area contributed by atoms with Crippen LogP contribution in [0, 0.1) is 12.8 Å². The summed E-state index contributed by atoms with van der Waals surface area (Å²) in [6, 6.07) is 14.1. The molecule has 132 valence electrons. The molecular weight excluding hydrogens is 326 g/mol. The predicted molar refractivity (Wildman–Crippen MR) is 103 cm³/mol. The van der Waals surface area contributed by atoms with Gasteiger partial charge in [-0.05, 0) is 59.7 Å². The molecule has 2 aromatic carbocycles. The fraction of sp³-hybridized carbons (Fsp3) is 0.238. The van der Waals surface area contributed by atoms with E-state index in [9.17, 15) is 4.79 Å². The molecule has 0 bridgehead atoms. The van der Waals surface area contributed by atoms with Gasteiger partial charge < -0.3 is 4.74 Å². The lowest BCUT2D eigenvalue weighted by molar-refractivity contribution is -0.122. The normalized spacial score (nSPS) is 16.8. The van der Waals surface area contributed by atoms with E-state index in [2.05, 4.69) is 30.1 Å². The Morgan fingerprint density at radius 1 is 1.19 bits per heavy atom. The molecule has 0 saturated carbocycles. The second-order valence-corrected chi connectivity index (χ2v) is 6.71. The SMILES string of the molecule is Cc1ccc(N(N)C(=O)C2CCOC2)cc1-c1ccc2ccncc2c1. The number of hydrazine groups is 1. The Hall–Kier alpha value is -2.76. The number of carbonyl (C=O) groups is 1. The van der Waals surface area contributed by atoms with Crippen molar-refractivity contribution in [2.75, 3.05) is 18.2 Å². The summed E-state index contributed by atoms with van der Waals surface area (Å²) in [5.74, 6) is 5.87. The lowest BCUT2D eigenvalue weighted by Crippen LogP contribution is -2.42. The molecule has 26 heavy (non-hydrogen) atoms. The van der Waals surface area contributed by atoms with E-state index < -0.39 is 0 Å². The number of hydrogen-bond donors (Lipinski definition) is 1. The smallest absolute Gasteiger partial charge is 0.246 e. The van der Waals surface area contributed by atoms with Crippen molar-refractivity contribution in [2.45, 2.75) is 13.3 Å². The van der Waals surface area contributed by atoms with E-state index in [0.717, 1.165) is 33.9 Å². The molecule has 2 N–H and O–H groups in total. The van der Waals surface area contributed by atoms with E-state index in [0.29, 0.717) is 18.9 Å². The molecule has 1 aliphatic heterocycles. The zero-order valence-electron chi connectivity index (χ0n) is 14.7. The molecule has 0 radical (unpaired) electrons. The highest BCUT2D eigenvalue weighted by atomic mass is 16.5. The molecule has 1 unspecified atom stereocenters. The summed E-state index contributed by atoms with van der Waals surface area (Å²) in [6.45, 7) is 3.12. The van der Waals surface area contributed by atoms with Crippen molar-refractivity contribution >= 4 is 22.4 Å². The van der Waals surface area contributed by atoms with Crippen LogP contribution in [0.5, 0.6) is 0 Å². The van der Waals surface area contributed by atoms with Gasteiger partial charge in [0.15, 0.2) is 0 Å². The summed E-state index contributed by atoms with van der Waals surface area (Å²) in [5.41, 5.74) is 3.95. The number of nitrogens with two attached hydrogens (primary N) is 1. The monoisotopic (exact) mass is 347 g/mol. The average Bonchev–Trinajstić information content (AvgIpc) is 3.21. The van der Waals surface area contributed by atoms with Crippen molar-refractivity contribution in [2.24, 2.45) is 11.8 Å². The molecule has 1 fully saturated rings. The first-order chi connectivity index (χ1) is 12.6. The number of ether oxygens (including phenoxy) is 1. The van der Waals surface area contributed by atoms with E-state index in [1.165, 1.54) is 5.01 Å². The van der Waals surface area contributed by atoms with Gasteiger partial charge in [0.25, 0.3) is 0 Å². The van der Waals surface area contributed by atoms with Gasteiger partial charge in [-0.25, -0.2) is 10.9 Å². The Balaban J connectivity index is 1.70. The van der Waals surface area contributed by atoms with Crippen molar-refractivity contribution in [3.63, 3.8) is 0 Å². The molecule has 3 aromatic rings. The number of nitrogens with zero attached hydrogens (tertiary/aromatic N) is 2. The average molecular weight is 347 g/mol. The molecule has 1 saturated heterocycles. The van der Waals surface area contributed by atoms with Crippen molar-refractivity contribution < 1.29 is 9.53 Å². The first kappa shape index (κ1) is 16.7. The zero-order valence-corrected chi connectivity index (χ0v) is 14.7. The minimum absolute atomic E-state index is 0.0972. The van der Waals surface area contributed by atoms with Crippen LogP contribution in [-0.2, 0) is 9.53 Å². The lowest BCUT2D eigenvalue weighted by Gasteiger charge is -2.21. The Morgan fingerprint density at radius 3 is 2.88 bits per heavy atom. The summed E-state index contributed by atoms with van der Waals surface area (Å²) >= 11 is 0. The molecular formula is C21H21N3O2. The first-order valence-corrected chi connectivity index (χ1v) is 8.75. The fourth-order valence-electron chi connectivity index (χ4n) is 3.38. The van der Waals surface area contributed by atoms with Crippen LogP contribution in [0.25, 0.3) is 21.9 Å². The molecule has 0 aliphatic carbocycles. The minimum Gasteiger partial charge on any atom is -0.381 e. The van der Waals surface area contributed by atoms with Gasteiger partial charge in [-0.1, -0.05) is 18.2 Å². The zero-order chi connectivity index (χ0) is 18.1. The quantitative estimate of drug-likeness (QED) is 0.448. The molecule has 1 aromatic heterocycles. The van der Waals surface area contributed by atoms with E-state index in [1.807, 2.05) is 30.5 Å². The van der Waals surface area contributed by atoms with Crippen molar-refractivity contribution in [1.29, 1.82) is 0 Å². The topological polar surface area (TPSA) is 68.5 Å². The van der Waals surface area contributed by atoms with Crippen LogP contribution < -0.4 is 10.9 Å². The van der Waals surface area contributed by atoms with Gasteiger partial charge in [-0.15, -0.1) is 0 Å². The summed E-state index contributed by atoms with van der Waals surface area (Å²) < 4.78 is 5.31. The Bertz CT molecular complexity index is 964. The third-order valence-corrected chi connectivity index (χ3v) is 4.97. The standard InChI is InChI=1S/C21H21N3O2/c1-14-2-5-19(24(22)21(25)17-7-9-26-13-17)11-20(14)16-4-3-15-6-8-23-12-18(15)10-16/h2-6,8,10-12,17H,7,9,13,22H2,1H3. The summed E-state index contributed by atoms with van der Waals surface area (Å²) in [4.78, 5) is 16.8. The van der Waals surface area contributed by atoms with Crippen LogP contribution in [0.4, 0.5) is 5.69 Å². The van der Waals surface area contributed by atoms with Gasteiger partial charge in [0.2, 0.25) is 5.91 Å². The third-order valence-electron chi connectivity index (χ3n) is 4.97. The largest absolute Gasteiger partial charge is 0.381 e. The van der Waals surface area contributed by atoms with Crippen LogP contribution in [0.1, 0.15) is 12.0 Å². The maximum absolute atomic E-state index is 12.6. The van der Waals surface area contributed by atoms with Crippen molar-refractivity contribution in [3.8, 4) is 11.1 Å². The van der Waals surface area contributed by atoms with Gasteiger partial charge in [0.05, 0.1) is 18.2 Å². The molecule has 1 amide bonds. The van der Waals surface area contributed by atoms with Crippen LogP contribution in [0.15, 0.2) is 54.9 Å². The van der Waals surface area contributed by atoms with Crippen LogP contribution in [0.3, 0.4) is 0 Å². The molecule has 1 atom stereocenters. The number of carbonyl (C=O) groups excluding carboxylic acids is 1. The second kappa shape index (κ2) is 6.86. The van der Waals surface area contributed by atoms with Crippen molar-refractivity contribution in [1.82, 2.24) is 4.98 Å². The molecule has 2 heterocycles. The van der Waals surface area contributed by atoms with Gasteiger partial charge >= 0.3 is 0 Å². The van der Waals surface area contributed by atoms with Crippen LogP contribution >= 0.6 is 0 Å². The van der Waals surface area contributed by atoms with Crippen molar-refractivity contribution in [3.05, 3.63) is 60.4 Å². The number of anilines is 1. The van der Waals surface area contributed by atoms with Gasteiger partial charge in [0, 0.05) is 24.4 Å². The number of amides is 1. The predicted octanol–water partition coefficient (Wildman–Crippen LogP) is 3.45. The molecule has 1 aliphatic rings. The van der Waals surface area contributed by atoms with E-state index >= 15 is 0 Å². The third kappa shape index (κ3) is 3.07. The van der Waals surface area contributed by atoms with E-state index in [1.54, 1.807) is 6.20 Å². The van der Waals surface area contributed by atoms with Crippen LogP contribution in [0.2, 0.25) is 0 Å². The molecule has 5 nitrogen and oxygen atoms in total. The maximum atomic E-state index is 12.6. The number of rotatable bonds is 3. The number of pyridine rings is 1. The molecule has 4 rings (SSSR count). The lowest BCUT2D eigenvalue weighted by atomic mass is 9.97.